The predicted octanol–water partition coefficient (Wildman–Crippen LogP) is 1.58. The van der Waals surface area contributed by atoms with Crippen LogP contribution in [0.3, 0.4) is 0 Å². The van der Waals surface area contributed by atoms with Gasteiger partial charge in [-0.25, -0.2) is 4.79 Å². The van der Waals surface area contributed by atoms with Crippen LogP contribution in [0.15, 0.2) is 23.3 Å². The molecular weight excluding hydrogens is 140 g/mol. The summed E-state index contributed by atoms with van der Waals surface area (Å²) in [4.78, 5) is 11.1. The Morgan fingerprint density at radius 2 is 2.45 bits per heavy atom. The Bertz CT molecular complexity index is 261. The fourth-order valence-electron chi connectivity index (χ4n) is 1.60. The molecule has 0 aromatic heterocycles. The van der Waals surface area contributed by atoms with Gasteiger partial charge in [0.25, 0.3) is 0 Å². The summed E-state index contributed by atoms with van der Waals surface area (Å²) in [5.41, 5.74) is 1.97. The molecule has 2 nitrogen and oxygen atoms in total. The van der Waals surface area contributed by atoms with Gasteiger partial charge in [0.05, 0.1) is 5.57 Å². The van der Waals surface area contributed by atoms with Gasteiger partial charge in [-0.15, -0.1) is 0 Å². The molecule has 2 rings (SSSR count). The predicted molar refractivity (Wildman–Crippen MR) is 41.0 cm³/mol. The molecule has 2 aliphatic rings. The van der Waals surface area contributed by atoms with Gasteiger partial charge in [-0.3, -0.25) is 0 Å². The van der Waals surface area contributed by atoms with Crippen molar-refractivity contribution in [2.24, 2.45) is 0 Å². The molecule has 0 N–H and O–H groups in total. The number of carbonyl (C=O) groups excluding carboxylic acids is 1. The van der Waals surface area contributed by atoms with Crippen molar-refractivity contribution in [2.75, 3.05) is 0 Å². The highest BCUT2D eigenvalue weighted by Gasteiger charge is 2.29. The normalized spacial score (nSPS) is 28.8. The quantitative estimate of drug-likeness (QED) is 0.490. The van der Waals surface area contributed by atoms with E-state index in [4.69, 9.17) is 4.74 Å². The molecular formula is C9H10O2. The van der Waals surface area contributed by atoms with E-state index < -0.39 is 0 Å². The van der Waals surface area contributed by atoms with Crippen molar-refractivity contribution in [2.45, 2.75) is 25.9 Å². The van der Waals surface area contributed by atoms with Crippen LogP contribution in [-0.2, 0) is 9.53 Å². The first-order valence-electron chi connectivity index (χ1n) is 3.89. The van der Waals surface area contributed by atoms with E-state index >= 15 is 0 Å². The molecule has 1 atom stereocenters. The third-order valence-electron chi connectivity index (χ3n) is 2.21. The summed E-state index contributed by atoms with van der Waals surface area (Å²) in [6.45, 7) is 1.93. The van der Waals surface area contributed by atoms with Crippen LogP contribution in [0.1, 0.15) is 19.8 Å². The second kappa shape index (κ2) is 2.22. The Balaban J connectivity index is 2.41. The van der Waals surface area contributed by atoms with Gasteiger partial charge in [0.1, 0.15) is 6.10 Å². The molecule has 1 heterocycles. The highest BCUT2D eigenvalue weighted by Crippen LogP contribution is 2.30. The molecule has 2 heteroatoms. The lowest BCUT2D eigenvalue weighted by atomic mass is 9.96. The largest absolute Gasteiger partial charge is 0.455 e. The van der Waals surface area contributed by atoms with E-state index in [0.29, 0.717) is 0 Å². The Labute approximate surface area is 65.5 Å². The van der Waals surface area contributed by atoms with Crippen molar-refractivity contribution in [1.29, 1.82) is 0 Å². The standard InChI is InChI=1S/C9H10O2/c1-6-7-4-2-3-5-8(7)9(10)11-6/h3,5-6H,2,4H2,1H3. The molecule has 11 heavy (non-hydrogen) atoms. The summed E-state index contributed by atoms with van der Waals surface area (Å²) >= 11 is 0. The maximum atomic E-state index is 11.1. The van der Waals surface area contributed by atoms with E-state index in [-0.39, 0.29) is 12.1 Å². The van der Waals surface area contributed by atoms with Crippen LogP contribution >= 0.6 is 0 Å². The highest BCUT2D eigenvalue weighted by atomic mass is 16.5. The van der Waals surface area contributed by atoms with Gasteiger partial charge in [-0.2, -0.15) is 0 Å². The fourth-order valence-corrected chi connectivity index (χ4v) is 1.60. The fraction of sp³-hybridized carbons (Fsp3) is 0.444. The van der Waals surface area contributed by atoms with E-state index in [0.717, 1.165) is 18.4 Å². The van der Waals surface area contributed by atoms with Crippen molar-refractivity contribution in [1.82, 2.24) is 0 Å². The molecule has 0 fully saturated rings. The molecule has 0 saturated carbocycles. The van der Waals surface area contributed by atoms with Crippen LogP contribution < -0.4 is 0 Å². The Hall–Kier alpha value is -1.05. The summed E-state index contributed by atoms with van der Waals surface area (Å²) in [6, 6.07) is 0. The molecule has 0 spiro atoms. The van der Waals surface area contributed by atoms with Gasteiger partial charge >= 0.3 is 5.97 Å². The third-order valence-corrected chi connectivity index (χ3v) is 2.21. The third kappa shape index (κ3) is 0.897. The second-order valence-corrected chi connectivity index (χ2v) is 2.93. The zero-order valence-corrected chi connectivity index (χ0v) is 6.46. The second-order valence-electron chi connectivity index (χ2n) is 2.93. The van der Waals surface area contributed by atoms with Gasteiger partial charge in [0.15, 0.2) is 0 Å². The first-order chi connectivity index (χ1) is 5.29. The zero-order valence-electron chi connectivity index (χ0n) is 6.46. The molecule has 0 amide bonds. The minimum absolute atomic E-state index is 0.0162. The lowest BCUT2D eigenvalue weighted by Crippen LogP contribution is -2.05. The number of hydrogen-bond donors (Lipinski definition) is 0. The molecule has 1 unspecified atom stereocenters. The van der Waals surface area contributed by atoms with Crippen molar-refractivity contribution in [3.63, 3.8) is 0 Å². The smallest absolute Gasteiger partial charge is 0.338 e. The molecule has 0 radical (unpaired) electrons. The molecule has 1 aliphatic carbocycles. The van der Waals surface area contributed by atoms with Crippen molar-refractivity contribution in [3.05, 3.63) is 23.3 Å². The first-order valence-corrected chi connectivity index (χ1v) is 3.89. The maximum Gasteiger partial charge on any atom is 0.338 e. The number of carbonyl (C=O) groups is 1. The number of cyclic esters (lactones) is 1. The zero-order chi connectivity index (χ0) is 7.84. The number of rotatable bonds is 0. The minimum atomic E-state index is -0.150. The van der Waals surface area contributed by atoms with E-state index in [9.17, 15) is 4.79 Å². The van der Waals surface area contributed by atoms with Gasteiger partial charge in [-0.1, -0.05) is 12.2 Å². The monoisotopic (exact) mass is 150 g/mol. The van der Waals surface area contributed by atoms with Gasteiger partial charge in [0.2, 0.25) is 0 Å². The molecule has 0 bridgehead atoms. The van der Waals surface area contributed by atoms with Gasteiger partial charge in [0, 0.05) is 0 Å². The molecule has 58 valence electrons. The average molecular weight is 150 g/mol. The molecule has 0 aromatic rings. The highest BCUT2D eigenvalue weighted by molar-refractivity contribution is 5.95. The Morgan fingerprint density at radius 3 is 3.18 bits per heavy atom. The topological polar surface area (TPSA) is 26.3 Å². The Morgan fingerprint density at radius 1 is 1.64 bits per heavy atom. The average Bonchev–Trinajstić information content (AvgIpc) is 2.30. The first kappa shape index (κ1) is 6.65. The van der Waals surface area contributed by atoms with E-state index in [1.165, 1.54) is 5.57 Å². The number of allylic oxidation sites excluding steroid dienone is 1. The van der Waals surface area contributed by atoms with Crippen molar-refractivity contribution < 1.29 is 9.53 Å². The lowest BCUT2D eigenvalue weighted by Gasteiger charge is -2.08. The Kier molecular flexibility index (Phi) is 1.34. The summed E-state index contributed by atoms with van der Waals surface area (Å²) in [5, 5.41) is 0. The lowest BCUT2D eigenvalue weighted by molar-refractivity contribution is -0.138. The molecule has 1 aliphatic heterocycles. The van der Waals surface area contributed by atoms with E-state index in [1.807, 2.05) is 19.1 Å². The number of ether oxygens (including phenoxy) is 1. The summed E-state index contributed by atoms with van der Waals surface area (Å²) in [7, 11) is 0. The van der Waals surface area contributed by atoms with Crippen LogP contribution in [0.5, 0.6) is 0 Å². The van der Waals surface area contributed by atoms with E-state index in [2.05, 4.69) is 0 Å². The van der Waals surface area contributed by atoms with Crippen LogP contribution in [0.4, 0.5) is 0 Å². The van der Waals surface area contributed by atoms with Crippen LogP contribution in [0, 0.1) is 0 Å². The van der Waals surface area contributed by atoms with Gasteiger partial charge < -0.3 is 4.74 Å². The SMILES string of the molecule is CC1OC(=O)C2=C1CCC=C2. The van der Waals surface area contributed by atoms with Crippen LogP contribution in [-0.4, -0.2) is 12.1 Å². The minimum Gasteiger partial charge on any atom is -0.455 e. The number of hydrogen-bond acceptors (Lipinski definition) is 2. The summed E-state index contributed by atoms with van der Waals surface area (Å²) in [5.74, 6) is -0.150. The summed E-state index contributed by atoms with van der Waals surface area (Å²) < 4.78 is 5.04. The van der Waals surface area contributed by atoms with E-state index in [1.54, 1.807) is 0 Å². The molecule has 0 saturated heterocycles. The van der Waals surface area contributed by atoms with Crippen molar-refractivity contribution >= 4 is 5.97 Å². The number of esters is 1. The van der Waals surface area contributed by atoms with Crippen LogP contribution in [0.2, 0.25) is 0 Å². The van der Waals surface area contributed by atoms with Gasteiger partial charge in [-0.05, 0) is 25.3 Å². The maximum absolute atomic E-state index is 11.1. The molecule has 0 aromatic carbocycles. The summed E-state index contributed by atoms with van der Waals surface area (Å²) in [6.07, 6.45) is 5.95. The van der Waals surface area contributed by atoms with Crippen molar-refractivity contribution in [3.8, 4) is 0 Å². The van der Waals surface area contributed by atoms with Crippen LogP contribution in [0.25, 0.3) is 0 Å².